The summed E-state index contributed by atoms with van der Waals surface area (Å²) >= 11 is 1.09. The molecule has 25 heavy (non-hydrogen) atoms. The van der Waals surface area contributed by atoms with Gasteiger partial charge in [-0.05, 0) is 13.3 Å². The maximum Gasteiger partial charge on any atom is 0.353 e. The van der Waals surface area contributed by atoms with Gasteiger partial charge in [-0.1, -0.05) is 13.8 Å². The molecule has 2 aliphatic heterocycles. The Hall–Kier alpha value is -1.87. The fraction of sp³-hybridized carbons (Fsp3) is 0.625. The van der Waals surface area contributed by atoms with E-state index in [0.717, 1.165) is 16.7 Å². The molecule has 0 saturated carbocycles. The highest BCUT2D eigenvalue weighted by Gasteiger charge is 2.46. The number of imide groups is 1. The van der Waals surface area contributed by atoms with Gasteiger partial charge in [0.25, 0.3) is 0 Å². The highest BCUT2D eigenvalue weighted by molar-refractivity contribution is 8.04. The topological polar surface area (TPSA) is 124 Å². The molecule has 3 N–H and O–H groups in total. The lowest BCUT2D eigenvalue weighted by atomic mass is 9.88. The van der Waals surface area contributed by atoms with Crippen LogP contribution in [0.15, 0.2) is 10.6 Å². The van der Waals surface area contributed by atoms with Crippen LogP contribution in [0, 0.1) is 11.8 Å². The lowest BCUT2D eigenvalue weighted by molar-refractivity contribution is -0.137. The quantitative estimate of drug-likeness (QED) is 0.454. The Labute approximate surface area is 149 Å². The second kappa shape index (κ2) is 7.57. The van der Waals surface area contributed by atoms with Gasteiger partial charge in [0.1, 0.15) is 5.70 Å². The van der Waals surface area contributed by atoms with Gasteiger partial charge >= 0.3 is 5.97 Å². The number of piperidine rings is 1. The predicted molar refractivity (Wildman–Crippen MR) is 90.1 cm³/mol. The minimum Gasteiger partial charge on any atom is -0.477 e. The second-order valence-corrected chi connectivity index (χ2v) is 7.71. The summed E-state index contributed by atoms with van der Waals surface area (Å²) in [6, 6.07) is -0.514. The van der Waals surface area contributed by atoms with Crippen LogP contribution in [0.25, 0.3) is 0 Å². The molecular weight excluding hydrogens is 348 g/mol. The molecular formula is C16H22N2O6S. The van der Waals surface area contributed by atoms with Crippen LogP contribution in [0.3, 0.4) is 0 Å². The first-order valence-electron chi connectivity index (χ1n) is 8.08. The summed E-state index contributed by atoms with van der Waals surface area (Å²) in [5, 5.41) is 21.2. The number of carbonyl (C=O) groups excluding carboxylic acids is 3. The number of hydrogen-bond acceptors (Lipinski definition) is 6. The van der Waals surface area contributed by atoms with Gasteiger partial charge in [-0.3, -0.25) is 19.7 Å². The van der Waals surface area contributed by atoms with E-state index in [0.29, 0.717) is 17.7 Å². The first-order chi connectivity index (χ1) is 11.7. The number of aliphatic carboxylic acids is 1. The van der Waals surface area contributed by atoms with Crippen molar-refractivity contribution in [3.05, 3.63) is 10.6 Å². The molecule has 2 aliphatic rings. The number of nitrogens with zero attached hydrogens (tertiary/aromatic N) is 1. The molecule has 1 fully saturated rings. The molecule has 0 unspecified atom stereocenters. The minimum atomic E-state index is -1.26. The van der Waals surface area contributed by atoms with Crippen LogP contribution < -0.4 is 5.32 Å². The summed E-state index contributed by atoms with van der Waals surface area (Å²) in [4.78, 5) is 48.2. The van der Waals surface area contributed by atoms with E-state index in [2.05, 4.69) is 5.32 Å². The minimum absolute atomic E-state index is 0.158. The fourth-order valence-corrected chi connectivity index (χ4v) is 4.69. The van der Waals surface area contributed by atoms with Crippen molar-refractivity contribution < 1.29 is 29.4 Å². The third-order valence-corrected chi connectivity index (χ3v) is 6.37. The van der Waals surface area contributed by atoms with E-state index in [1.54, 1.807) is 20.8 Å². The van der Waals surface area contributed by atoms with E-state index in [4.69, 9.17) is 0 Å². The van der Waals surface area contributed by atoms with Crippen LogP contribution in [-0.2, 0) is 19.2 Å². The van der Waals surface area contributed by atoms with Gasteiger partial charge in [0.2, 0.25) is 18.2 Å². The summed E-state index contributed by atoms with van der Waals surface area (Å²) in [5.41, 5.74) is -0.158. The lowest BCUT2D eigenvalue weighted by Crippen LogP contribution is -2.43. The van der Waals surface area contributed by atoms with Crippen LogP contribution in [0.4, 0.5) is 0 Å². The Morgan fingerprint density at radius 1 is 1.40 bits per heavy atom. The molecule has 0 aromatic heterocycles. The molecule has 0 bridgehead atoms. The number of nitrogens with one attached hydrogen (secondary N) is 1. The van der Waals surface area contributed by atoms with E-state index in [9.17, 15) is 29.4 Å². The highest BCUT2D eigenvalue weighted by atomic mass is 32.2. The average molecular weight is 370 g/mol. The van der Waals surface area contributed by atoms with E-state index >= 15 is 0 Å². The molecule has 138 valence electrons. The van der Waals surface area contributed by atoms with Gasteiger partial charge in [0.05, 0.1) is 11.4 Å². The van der Waals surface area contributed by atoms with Crippen LogP contribution in [0.5, 0.6) is 0 Å². The van der Waals surface area contributed by atoms with Crippen molar-refractivity contribution in [2.75, 3.05) is 0 Å². The average Bonchev–Trinajstić information content (AvgIpc) is 2.81. The zero-order chi connectivity index (χ0) is 18.9. The molecule has 0 spiro atoms. The molecule has 1 saturated heterocycles. The molecule has 5 atom stereocenters. The monoisotopic (exact) mass is 370 g/mol. The normalized spacial score (nSPS) is 29.4. The molecule has 0 radical (unpaired) electrons. The third-order valence-electron chi connectivity index (χ3n) is 4.81. The number of rotatable bonds is 6. The van der Waals surface area contributed by atoms with Crippen molar-refractivity contribution in [1.82, 2.24) is 10.2 Å². The maximum atomic E-state index is 12.0. The number of carboxylic acids is 1. The van der Waals surface area contributed by atoms with Crippen molar-refractivity contribution >= 4 is 36.0 Å². The molecule has 3 amide bonds. The zero-order valence-electron chi connectivity index (χ0n) is 14.3. The van der Waals surface area contributed by atoms with Gasteiger partial charge in [-0.25, -0.2) is 4.79 Å². The van der Waals surface area contributed by atoms with Crippen molar-refractivity contribution in [2.24, 2.45) is 11.8 Å². The number of aliphatic hydroxyl groups excluding tert-OH is 1. The standard InChI is InChI=1S/C16H22N2O6S/c1-7(9(3)20)12-8(2)14(13(16(23)24)18(12)6-19)25-10-4-5-11(21)17-15(10)22/h6-10,12,20H,4-5H2,1-3H3,(H,23,24)(H,17,21,22)/t7-,8-,9-,10-,12+/m1/s1. The highest BCUT2D eigenvalue weighted by Crippen LogP contribution is 2.45. The Balaban J connectivity index is 2.36. The lowest BCUT2D eigenvalue weighted by Gasteiger charge is -2.32. The first-order valence-corrected chi connectivity index (χ1v) is 8.96. The number of aliphatic hydroxyl groups is 1. The molecule has 2 rings (SSSR count). The van der Waals surface area contributed by atoms with Crippen LogP contribution in [0.1, 0.15) is 33.6 Å². The maximum absolute atomic E-state index is 12.0. The van der Waals surface area contributed by atoms with Crippen molar-refractivity contribution in [3.63, 3.8) is 0 Å². The van der Waals surface area contributed by atoms with Crippen LogP contribution >= 0.6 is 11.8 Å². The Morgan fingerprint density at radius 3 is 2.52 bits per heavy atom. The largest absolute Gasteiger partial charge is 0.477 e. The summed E-state index contributed by atoms with van der Waals surface area (Å²) in [5.74, 6) is -2.75. The Bertz CT molecular complexity index is 632. The van der Waals surface area contributed by atoms with Gasteiger partial charge in [0, 0.05) is 29.2 Å². The van der Waals surface area contributed by atoms with Gasteiger partial charge in [0.15, 0.2) is 0 Å². The zero-order valence-corrected chi connectivity index (χ0v) is 15.1. The predicted octanol–water partition coefficient (Wildman–Crippen LogP) is 0.315. The molecule has 2 heterocycles. The van der Waals surface area contributed by atoms with Gasteiger partial charge < -0.3 is 15.1 Å². The molecule has 9 heteroatoms. The van der Waals surface area contributed by atoms with E-state index in [1.165, 1.54) is 0 Å². The summed E-state index contributed by atoms with van der Waals surface area (Å²) in [6.07, 6.45) is 0.237. The third kappa shape index (κ3) is 3.72. The summed E-state index contributed by atoms with van der Waals surface area (Å²) in [6.45, 7) is 5.12. The summed E-state index contributed by atoms with van der Waals surface area (Å²) in [7, 11) is 0. The smallest absolute Gasteiger partial charge is 0.353 e. The van der Waals surface area contributed by atoms with Crippen molar-refractivity contribution in [2.45, 2.75) is 51.0 Å². The summed E-state index contributed by atoms with van der Waals surface area (Å²) < 4.78 is 0. The van der Waals surface area contributed by atoms with Crippen molar-refractivity contribution in [1.29, 1.82) is 0 Å². The first kappa shape index (κ1) is 19.5. The molecule has 0 aromatic rings. The van der Waals surface area contributed by atoms with Crippen molar-refractivity contribution in [3.8, 4) is 0 Å². The molecule has 0 aliphatic carbocycles. The number of thioether (sulfide) groups is 1. The number of carboxylic acid groups (broad SMARTS) is 1. The van der Waals surface area contributed by atoms with Gasteiger partial charge in [-0.2, -0.15) is 0 Å². The van der Waals surface area contributed by atoms with E-state index in [-0.39, 0.29) is 29.9 Å². The Morgan fingerprint density at radius 2 is 2.04 bits per heavy atom. The molecule has 0 aromatic carbocycles. The second-order valence-electron chi connectivity index (χ2n) is 6.47. The Kier molecular flexibility index (Phi) is 5.89. The van der Waals surface area contributed by atoms with Gasteiger partial charge in [-0.15, -0.1) is 11.8 Å². The van der Waals surface area contributed by atoms with E-state index < -0.39 is 29.3 Å². The number of amides is 3. The van der Waals surface area contributed by atoms with Crippen LogP contribution in [0.2, 0.25) is 0 Å². The molecule has 8 nitrogen and oxygen atoms in total. The SMILES string of the molecule is C[C@@H]([C@H]1[C@@H](C)C(S[C@@H]2CCC(=O)NC2=O)=C(C(=O)O)N1C=O)[C@@H](C)O. The number of hydrogen-bond donors (Lipinski definition) is 3. The fourth-order valence-electron chi connectivity index (χ4n) is 3.32. The number of carbonyl (C=O) groups is 4. The van der Waals surface area contributed by atoms with E-state index in [1.807, 2.05) is 0 Å². The van der Waals surface area contributed by atoms with Crippen LogP contribution in [-0.4, -0.2) is 56.7 Å².